The van der Waals surface area contributed by atoms with Crippen molar-refractivity contribution in [1.29, 1.82) is 0 Å². The van der Waals surface area contributed by atoms with Crippen LogP contribution in [0.25, 0.3) is 0 Å². The summed E-state index contributed by atoms with van der Waals surface area (Å²) in [6.45, 7) is 1.35. The molecule has 2 N–H and O–H groups in total. The first-order valence-electron chi connectivity index (χ1n) is 8.40. The van der Waals surface area contributed by atoms with Crippen LogP contribution in [0.4, 0.5) is 4.79 Å². The minimum Gasteiger partial charge on any atom is -0.393 e. The Balaban J connectivity index is 1.44. The van der Waals surface area contributed by atoms with Crippen molar-refractivity contribution in [1.82, 2.24) is 10.2 Å². The first-order valence-corrected chi connectivity index (χ1v) is 8.40. The van der Waals surface area contributed by atoms with Gasteiger partial charge in [0.25, 0.3) is 0 Å². The van der Waals surface area contributed by atoms with Gasteiger partial charge in [-0.25, -0.2) is 4.79 Å². The highest BCUT2D eigenvalue weighted by atomic mass is 16.3. The Morgan fingerprint density at radius 2 is 2.09 bits per heavy atom. The molecule has 0 aromatic heterocycles. The molecule has 0 heterocycles. The quantitative estimate of drug-likeness (QED) is 0.898. The third kappa shape index (κ3) is 3.27. The zero-order valence-electron chi connectivity index (χ0n) is 13.3. The molecule has 0 saturated heterocycles. The second-order valence-corrected chi connectivity index (χ2v) is 6.78. The number of carbonyl (C=O) groups is 1. The van der Waals surface area contributed by atoms with E-state index in [1.807, 2.05) is 7.05 Å². The van der Waals surface area contributed by atoms with E-state index in [1.165, 1.54) is 11.1 Å². The SMILES string of the molecule is CN(C[C@@H]1CCCC[C@H]1O)C(=O)NC[C@@H]1Cc2ccccc21. The molecular formula is C18H26N2O2. The molecule has 1 aromatic carbocycles. The lowest BCUT2D eigenvalue weighted by atomic mass is 9.78. The summed E-state index contributed by atoms with van der Waals surface area (Å²) in [7, 11) is 1.82. The molecule has 0 unspecified atom stereocenters. The van der Waals surface area contributed by atoms with Gasteiger partial charge in [-0.1, -0.05) is 37.1 Å². The smallest absolute Gasteiger partial charge is 0.317 e. The van der Waals surface area contributed by atoms with E-state index < -0.39 is 0 Å². The van der Waals surface area contributed by atoms with Gasteiger partial charge in [-0.3, -0.25) is 0 Å². The lowest BCUT2D eigenvalue weighted by Crippen LogP contribution is -2.44. The second-order valence-electron chi connectivity index (χ2n) is 6.78. The van der Waals surface area contributed by atoms with Gasteiger partial charge in [-0.05, 0) is 30.4 Å². The second kappa shape index (κ2) is 6.69. The third-order valence-electron chi connectivity index (χ3n) is 5.18. The highest BCUT2D eigenvalue weighted by Crippen LogP contribution is 2.34. The molecule has 0 aliphatic heterocycles. The minimum atomic E-state index is -0.248. The molecule has 3 rings (SSSR count). The maximum absolute atomic E-state index is 12.2. The Morgan fingerprint density at radius 1 is 1.32 bits per heavy atom. The Kier molecular flexibility index (Phi) is 4.67. The fourth-order valence-electron chi connectivity index (χ4n) is 3.73. The van der Waals surface area contributed by atoms with E-state index in [4.69, 9.17) is 0 Å². The first-order chi connectivity index (χ1) is 10.6. The summed E-state index contributed by atoms with van der Waals surface area (Å²) >= 11 is 0. The standard InChI is InChI=1S/C18H26N2O2/c1-20(12-14-7-3-5-9-17(14)21)18(22)19-11-15-10-13-6-2-4-8-16(13)15/h2,4,6,8,14-15,17,21H,3,5,7,9-12H2,1H3,(H,19,22)/t14-,15-,17+/m0/s1. The van der Waals surface area contributed by atoms with Gasteiger partial charge < -0.3 is 15.3 Å². The van der Waals surface area contributed by atoms with E-state index in [9.17, 15) is 9.90 Å². The summed E-state index contributed by atoms with van der Waals surface area (Å²) in [6, 6.07) is 8.41. The van der Waals surface area contributed by atoms with Crippen molar-refractivity contribution < 1.29 is 9.90 Å². The molecule has 1 aromatic rings. The van der Waals surface area contributed by atoms with Crippen molar-refractivity contribution in [2.75, 3.05) is 20.1 Å². The van der Waals surface area contributed by atoms with Crippen LogP contribution in [0, 0.1) is 5.92 Å². The fourth-order valence-corrected chi connectivity index (χ4v) is 3.73. The predicted octanol–water partition coefficient (Wildman–Crippen LogP) is 2.52. The van der Waals surface area contributed by atoms with Crippen molar-refractivity contribution in [3.8, 4) is 0 Å². The maximum Gasteiger partial charge on any atom is 0.317 e. The summed E-state index contributed by atoms with van der Waals surface area (Å²) in [4.78, 5) is 13.9. The van der Waals surface area contributed by atoms with Crippen molar-refractivity contribution in [2.24, 2.45) is 5.92 Å². The fraction of sp³-hybridized carbons (Fsp3) is 0.611. The zero-order valence-corrected chi connectivity index (χ0v) is 13.3. The van der Waals surface area contributed by atoms with Crippen LogP contribution in [0.3, 0.4) is 0 Å². The normalized spacial score (nSPS) is 26.7. The van der Waals surface area contributed by atoms with E-state index in [1.54, 1.807) is 4.90 Å². The summed E-state index contributed by atoms with van der Waals surface area (Å²) in [5.74, 6) is 0.683. The number of rotatable bonds is 4. The number of carbonyl (C=O) groups excluding carboxylic acids is 1. The Labute approximate surface area is 132 Å². The topological polar surface area (TPSA) is 52.6 Å². The number of nitrogens with zero attached hydrogens (tertiary/aromatic N) is 1. The van der Waals surface area contributed by atoms with Gasteiger partial charge >= 0.3 is 6.03 Å². The summed E-state index contributed by atoms with van der Waals surface area (Å²) in [5, 5.41) is 13.1. The van der Waals surface area contributed by atoms with Gasteiger partial charge in [-0.2, -0.15) is 0 Å². The number of fused-ring (bicyclic) bond motifs is 1. The van der Waals surface area contributed by atoms with E-state index in [2.05, 4.69) is 29.6 Å². The van der Waals surface area contributed by atoms with Crippen LogP contribution in [-0.4, -0.2) is 42.3 Å². The lowest BCUT2D eigenvalue weighted by molar-refractivity contribution is 0.0565. The summed E-state index contributed by atoms with van der Waals surface area (Å²) < 4.78 is 0. The average Bonchev–Trinajstić information content (AvgIpc) is 2.50. The molecule has 2 aliphatic rings. The van der Waals surface area contributed by atoms with Crippen LogP contribution in [0.15, 0.2) is 24.3 Å². The molecule has 22 heavy (non-hydrogen) atoms. The number of urea groups is 1. The number of benzene rings is 1. The molecule has 2 aliphatic carbocycles. The van der Waals surface area contributed by atoms with E-state index >= 15 is 0 Å². The number of hydrogen-bond donors (Lipinski definition) is 2. The molecule has 4 heteroatoms. The molecule has 3 atom stereocenters. The number of aliphatic hydroxyl groups is 1. The molecule has 2 amide bonds. The van der Waals surface area contributed by atoms with Crippen molar-refractivity contribution in [3.05, 3.63) is 35.4 Å². The zero-order chi connectivity index (χ0) is 15.5. The largest absolute Gasteiger partial charge is 0.393 e. The Bertz CT molecular complexity index is 532. The molecule has 1 saturated carbocycles. The van der Waals surface area contributed by atoms with Gasteiger partial charge in [0, 0.05) is 32.0 Å². The van der Waals surface area contributed by atoms with E-state index in [-0.39, 0.29) is 18.1 Å². The molecule has 4 nitrogen and oxygen atoms in total. The van der Waals surface area contributed by atoms with Crippen molar-refractivity contribution in [2.45, 2.75) is 44.1 Å². The summed E-state index contributed by atoms with van der Waals surface area (Å²) in [5.41, 5.74) is 2.77. The monoisotopic (exact) mass is 302 g/mol. The van der Waals surface area contributed by atoms with Gasteiger partial charge in [-0.15, -0.1) is 0 Å². The molecule has 0 radical (unpaired) electrons. The van der Waals surface area contributed by atoms with Crippen LogP contribution >= 0.6 is 0 Å². The predicted molar refractivity (Wildman–Crippen MR) is 86.9 cm³/mol. The molecule has 0 spiro atoms. The van der Waals surface area contributed by atoms with Crippen LogP contribution < -0.4 is 5.32 Å². The van der Waals surface area contributed by atoms with E-state index in [0.29, 0.717) is 19.0 Å². The Hall–Kier alpha value is -1.55. The Morgan fingerprint density at radius 3 is 2.86 bits per heavy atom. The van der Waals surface area contributed by atoms with Gasteiger partial charge in [0.2, 0.25) is 0 Å². The van der Waals surface area contributed by atoms with Gasteiger partial charge in [0.05, 0.1) is 6.10 Å². The minimum absolute atomic E-state index is 0.0258. The number of hydrogen-bond acceptors (Lipinski definition) is 2. The molecular weight excluding hydrogens is 276 g/mol. The van der Waals surface area contributed by atoms with Crippen LogP contribution in [0.2, 0.25) is 0 Å². The molecule has 120 valence electrons. The van der Waals surface area contributed by atoms with E-state index in [0.717, 1.165) is 32.1 Å². The lowest BCUT2D eigenvalue weighted by Gasteiger charge is -2.33. The highest BCUT2D eigenvalue weighted by molar-refractivity contribution is 5.74. The molecule has 1 fully saturated rings. The van der Waals surface area contributed by atoms with Crippen molar-refractivity contribution >= 4 is 6.03 Å². The van der Waals surface area contributed by atoms with Crippen molar-refractivity contribution in [3.63, 3.8) is 0 Å². The average molecular weight is 302 g/mol. The van der Waals surface area contributed by atoms with Crippen LogP contribution in [-0.2, 0) is 6.42 Å². The van der Waals surface area contributed by atoms with Gasteiger partial charge in [0.15, 0.2) is 0 Å². The van der Waals surface area contributed by atoms with Crippen LogP contribution in [0.5, 0.6) is 0 Å². The summed E-state index contributed by atoms with van der Waals surface area (Å²) in [6.07, 6.45) is 4.97. The third-order valence-corrected chi connectivity index (χ3v) is 5.18. The van der Waals surface area contributed by atoms with Gasteiger partial charge in [0.1, 0.15) is 0 Å². The number of amides is 2. The highest BCUT2D eigenvalue weighted by Gasteiger charge is 2.28. The van der Waals surface area contributed by atoms with Crippen LogP contribution in [0.1, 0.15) is 42.7 Å². The number of aliphatic hydroxyl groups excluding tert-OH is 1. The maximum atomic E-state index is 12.2. The number of nitrogens with one attached hydrogen (secondary N) is 1. The first kappa shape index (κ1) is 15.3. The molecule has 0 bridgehead atoms.